The largest absolute Gasteiger partial charge is 0.416 e. The first-order valence-electron chi connectivity index (χ1n) is 9.82. The van der Waals surface area contributed by atoms with Gasteiger partial charge in [0.2, 0.25) is 0 Å². The summed E-state index contributed by atoms with van der Waals surface area (Å²) >= 11 is 0. The summed E-state index contributed by atoms with van der Waals surface area (Å²) in [6, 6.07) is -0.127. The summed E-state index contributed by atoms with van der Waals surface area (Å²) in [5.41, 5.74) is 0. The molecule has 1 aliphatic rings. The monoisotopic (exact) mass is 399 g/mol. The molecule has 2 atom stereocenters. The van der Waals surface area contributed by atoms with Gasteiger partial charge in [-0.25, -0.2) is 0 Å². The SMILES string of the molecule is CC(C)(C)[Si](C)(C)OCCC#C[C@H]1C[C@@H](O[Si](C)(C)C(C)(C)C)CN1O. The Balaban J connectivity index is 2.50. The van der Waals surface area contributed by atoms with E-state index in [2.05, 4.69) is 79.6 Å². The highest BCUT2D eigenvalue weighted by atomic mass is 28.4. The molecule has 0 radical (unpaired) electrons. The van der Waals surface area contributed by atoms with Gasteiger partial charge in [-0.1, -0.05) is 53.4 Å². The summed E-state index contributed by atoms with van der Waals surface area (Å²) in [4.78, 5) is 0. The van der Waals surface area contributed by atoms with Gasteiger partial charge in [0.1, 0.15) is 0 Å². The summed E-state index contributed by atoms with van der Waals surface area (Å²) in [7, 11) is -3.51. The van der Waals surface area contributed by atoms with Crippen LogP contribution in [-0.4, -0.2) is 52.2 Å². The molecular formula is C20H41NO3Si2. The molecule has 1 saturated heterocycles. The predicted octanol–water partition coefficient (Wildman–Crippen LogP) is 5.26. The molecule has 0 aromatic rings. The summed E-state index contributed by atoms with van der Waals surface area (Å²) in [5, 5.41) is 11.9. The molecule has 152 valence electrons. The van der Waals surface area contributed by atoms with Crippen molar-refractivity contribution in [3.63, 3.8) is 0 Å². The lowest BCUT2D eigenvalue weighted by atomic mass is 10.2. The van der Waals surface area contributed by atoms with Crippen molar-refractivity contribution in [1.82, 2.24) is 5.06 Å². The van der Waals surface area contributed by atoms with E-state index in [0.717, 1.165) is 6.42 Å². The van der Waals surface area contributed by atoms with Gasteiger partial charge in [-0.2, -0.15) is 5.06 Å². The minimum absolute atomic E-state index is 0.0728. The molecule has 0 unspecified atom stereocenters. The van der Waals surface area contributed by atoms with Crippen LogP contribution < -0.4 is 0 Å². The Labute approximate surface area is 163 Å². The highest BCUT2D eigenvalue weighted by molar-refractivity contribution is 6.74. The lowest BCUT2D eigenvalue weighted by Crippen LogP contribution is -2.44. The van der Waals surface area contributed by atoms with Gasteiger partial charge in [0.15, 0.2) is 16.6 Å². The molecule has 0 aromatic heterocycles. The number of nitrogens with zero attached hydrogens (tertiary/aromatic N) is 1. The minimum Gasteiger partial charge on any atom is -0.416 e. The van der Waals surface area contributed by atoms with Crippen LogP contribution in [0.2, 0.25) is 36.3 Å². The van der Waals surface area contributed by atoms with E-state index in [0.29, 0.717) is 19.6 Å². The normalized spacial score (nSPS) is 23.0. The van der Waals surface area contributed by atoms with Crippen LogP contribution in [0.25, 0.3) is 0 Å². The molecule has 26 heavy (non-hydrogen) atoms. The second kappa shape index (κ2) is 8.46. The highest BCUT2D eigenvalue weighted by Gasteiger charge is 2.42. The quantitative estimate of drug-likeness (QED) is 0.389. The predicted molar refractivity (Wildman–Crippen MR) is 115 cm³/mol. The van der Waals surface area contributed by atoms with Crippen molar-refractivity contribution >= 4 is 16.6 Å². The van der Waals surface area contributed by atoms with Crippen molar-refractivity contribution in [1.29, 1.82) is 0 Å². The molecule has 0 amide bonds. The van der Waals surface area contributed by atoms with Crippen LogP contribution in [-0.2, 0) is 8.85 Å². The molecule has 6 heteroatoms. The van der Waals surface area contributed by atoms with Gasteiger partial charge in [-0.15, -0.1) is 0 Å². The average Bonchev–Trinajstić information content (AvgIpc) is 2.75. The van der Waals surface area contributed by atoms with Crippen LogP contribution >= 0.6 is 0 Å². The third-order valence-corrected chi connectivity index (χ3v) is 15.3. The number of rotatable bonds is 5. The minimum atomic E-state index is -1.81. The van der Waals surface area contributed by atoms with E-state index in [1.165, 1.54) is 5.06 Å². The lowest BCUT2D eigenvalue weighted by molar-refractivity contribution is -0.0922. The van der Waals surface area contributed by atoms with E-state index in [1.807, 2.05) is 0 Å². The van der Waals surface area contributed by atoms with Gasteiger partial charge in [0, 0.05) is 19.4 Å². The first kappa shape index (κ1) is 23.9. The third kappa shape index (κ3) is 6.47. The van der Waals surface area contributed by atoms with E-state index in [-0.39, 0.29) is 22.2 Å². The topological polar surface area (TPSA) is 41.9 Å². The van der Waals surface area contributed by atoms with Gasteiger partial charge in [0.25, 0.3) is 0 Å². The van der Waals surface area contributed by atoms with Crippen LogP contribution in [0, 0.1) is 11.8 Å². The zero-order valence-electron chi connectivity index (χ0n) is 18.7. The van der Waals surface area contributed by atoms with Gasteiger partial charge in [-0.3, -0.25) is 0 Å². The molecule has 0 spiro atoms. The maximum atomic E-state index is 10.2. The maximum absolute atomic E-state index is 10.2. The van der Waals surface area contributed by atoms with Crippen LogP contribution in [0.4, 0.5) is 0 Å². The molecule has 4 nitrogen and oxygen atoms in total. The number of hydrogen-bond acceptors (Lipinski definition) is 4. The Kier molecular flexibility index (Phi) is 7.77. The van der Waals surface area contributed by atoms with Gasteiger partial charge >= 0.3 is 0 Å². The molecule has 1 rings (SSSR count). The summed E-state index contributed by atoms with van der Waals surface area (Å²) in [6.45, 7) is 23.7. The van der Waals surface area contributed by atoms with E-state index in [9.17, 15) is 5.21 Å². The Bertz CT molecular complexity index is 524. The zero-order chi connectivity index (χ0) is 20.4. The first-order valence-corrected chi connectivity index (χ1v) is 15.6. The van der Waals surface area contributed by atoms with E-state index in [4.69, 9.17) is 8.85 Å². The fourth-order valence-electron chi connectivity index (χ4n) is 2.36. The summed E-state index contributed by atoms with van der Waals surface area (Å²) < 4.78 is 12.6. The second-order valence-electron chi connectivity index (χ2n) is 10.6. The molecule has 0 aliphatic carbocycles. The van der Waals surface area contributed by atoms with E-state index in [1.54, 1.807) is 0 Å². The second-order valence-corrected chi connectivity index (χ2v) is 20.1. The van der Waals surface area contributed by atoms with Crippen molar-refractivity contribution in [3.05, 3.63) is 0 Å². The Morgan fingerprint density at radius 2 is 1.54 bits per heavy atom. The smallest absolute Gasteiger partial charge is 0.192 e. The number of hydrogen-bond donors (Lipinski definition) is 1. The standard InChI is InChI=1S/C20H41NO3Si2/c1-19(2,3)25(7,8)23-14-12-11-13-17-15-18(16-21(17)22)24-26(9,10)20(4,5)6/h17-18,22H,12,14-16H2,1-10H3/t17-,18+/m0/s1. The molecule has 1 aliphatic heterocycles. The van der Waals surface area contributed by atoms with Gasteiger partial charge in [-0.05, 0) is 36.3 Å². The Morgan fingerprint density at radius 3 is 2.04 bits per heavy atom. The van der Waals surface area contributed by atoms with Crippen LogP contribution in [0.5, 0.6) is 0 Å². The maximum Gasteiger partial charge on any atom is 0.192 e. The first-order chi connectivity index (χ1) is 11.6. The van der Waals surface area contributed by atoms with Crippen molar-refractivity contribution < 1.29 is 14.1 Å². The Morgan fingerprint density at radius 1 is 1.00 bits per heavy atom. The fraction of sp³-hybridized carbons (Fsp3) is 0.900. The third-order valence-electron chi connectivity index (χ3n) is 6.27. The molecule has 0 bridgehead atoms. The van der Waals surface area contributed by atoms with Crippen molar-refractivity contribution in [3.8, 4) is 11.8 Å². The van der Waals surface area contributed by atoms with Crippen LogP contribution in [0.15, 0.2) is 0 Å². The molecule has 1 heterocycles. The van der Waals surface area contributed by atoms with E-state index >= 15 is 0 Å². The van der Waals surface area contributed by atoms with Gasteiger partial charge < -0.3 is 14.1 Å². The fourth-order valence-corrected chi connectivity index (χ4v) is 4.76. The Hall–Kier alpha value is -0.166. The molecule has 0 aromatic carbocycles. The molecule has 1 fully saturated rings. The van der Waals surface area contributed by atoms with Gasteiger partial charge in [0.05, 0.1) is 18.7 Å². The van der Waals surface area contributed by atoms with E-state index < -0.39 is 16.6 Å². The zero-order valence-corrected chi connectivity index (χ0v) is 20.7. The summed E-state index contributed by atoms with van der Waals surface area (Å²) in [6.07, 6.45) is 1.56. The van der Waals surface area contributed by atoms with Crippen LogP contribution in [0.3, 0.4) is 0 Å². The molecule has 0 saturated carbocycles. The number of hydroxylamine groups is 2. The highest BCUT2D eigenvalue weighted by Crippen LogP contribution is 2.39. The van der Waals surface area contributed by atoms with Crippen molar-refractivity contribution in [2.75, 3.05) is 13.2 Å². The average molecular weight is 400 g/mol. The van der Waals surface area contributed by atoms with Crippen molar-refractivity contribution in [2.24, 2.45) is 0 Å². The molecular weight excluding hydrogens is 358 g/mol. The lowest BCUT2D eigenvalue weighted by Gasteiger charge is -2.38. The summed E-state index contributed by atoms with van der Waals surface area (Å²) in [5.74, 6) is 6.40. The van der Waals surface area contributed by atoms with Crippen molar-refractivity contribution in [2.45, 2.75) is 103 Å². The molecule has 1 N–H and O–H groups in total. The van der Waals surface area contributed by atoms with Crippen LogP contribution in [0.1, 0.15) is 54.4 Å².